The quantitative estimate of drug-likeness (QED) is 0.323. The fourth-order valence-electron chi connectivity index (χ4n) is 3.49. The van der Waals surface area contributed by atoms with E-state index in [1.54, 1.807) is 0 Å². The molecule has 1 aromatic carbocycles. The van der Waals surface area contributed by atoms with Crippen LogP contribution in [0.4, 0.5) is 5.00 Å². The molecule has 0 aliphatic carbocycles. The van der Waals surface area contributed by atoms with Gasteiger partial charge >= 0.3 is 0 Å². The van der Waals surface area contributed by atoms with Crippen molar-refractivity contribution in [3.63, 3.8) is 0 Å². The molecule has 0 unspecified atom stereocenters. The highest BCUT2D eigenvalue weighted by atomic mass is 127. The van der Waals surface area contributed by atoms with Crippen LogP contribution >= 0.6 is 35.3 Å². The zero-order valence-electron chi connectivity index (χ0n) is 17.7. The third-order valence-corrected chi connectivity index (χ3v) is 5.87. The maximum atomic E-state index is 4.81. The van der Waals surface area contributed by atoms with Crippen LogP contribution in [0.5, 0.6) is 0 Å². The SMILES string of the molecule is CCNC(=NCc1ccc(CN(C)C)cc1)NC1CCN(c2cccs2)CC1.I. The van der Waals surface area contributed by atoms with Crippen molar-refractivity contribution in [2.75, 3.05) is 38.6 Å². The second kappa shape index (κ2) is 12.4. The van der Waals surface area contributed by atoms with Crippen molar-refractivity contribution in [3.8, 4) is 0 Å². The Balaban J connectivity index is 0.00000300. The van der Waals surface area contributed by atoms with E-state index in [0.29, 0.717) is 12.6 Å². The van der Waals surface area contributed by atoms with Crippen molar-refractivity contribution in [3.05, 3.63) is 52.9 Å². The number of benzene rings is 1. The lowest BCUT2D eigenvalue weighted by Crippen LogP contribution is -2.48. The summed E-state index contributed by atoms with van der Waals surface area (Å²) < 4.78 is 0. The van der Waals surface area contributed by atoms with Gasteiger partial charge in [-0.2, -0.15) is 0 Å². The van der Waals surface area contributed by atoms with Gasteiger partial charge < -0.3 is 20.4 Å². The summed E-state index contributed by atoms with van der Waals surface area (Å²) in [6.07, 6.45) is 2.28. The molecule has 0 spiro atoms. The summed E-state index contributed by atoms with van der Waals surface area (Å²) in [6, 6.07) is 13.6. The number of hydrogen-bond donors (Lipinski definition) is 2. The van der Waals surface area contributed by atoms with Gasteiger partial charge in [0, 0.05) is 32.2 Å². The van der Waals surface area contributed by atoms with Crippen molar-refractivity contribution in [1.82, 2.24) is 15.5 Å². The van der Waals surface area contributed by atoms with Crippen molar-refractivity contribution in [1.29, 1.82) is 0 Å². The van der Waals surface area contributed by atoms with Crippen LogP contribution in [-0.4, -0.2) is 50.6 Å². The molecule has 1 aliphatic rings. The van der Waals surface area contributed by atoms with Gasteiger partial charge in [-0.05, 0) is 62.5 Å². The van der Waals surface area contributed by atoms with Gasteiger partial charge in [-0.3, -0.25) is 0 Å². The number of piperidine rings is 1. The normalized spacial score (nSPS) is 15.3. The van der Waals surface area contributed by atoms with Crippen LogP contribution in [0.25, 0.3) is 0 Å². The predicted octanol–water partition coefficient (Wildman–Crippen LogP) is 4.15. The molecular formula is C22H34IN5S. The molecule has 160 valence electrons. The summed E-state index contributed by atoms with van der Waals surface area (Å²) in [6.45, 7) is 6.87. The molecule has 3 rings (SSSR count). The highest BCUT2D eigenvalue weighted by Crippen LogP contribution is 2.24. The Hall–Kier alpha value is -1.32. The Bertz CT molecular complexity index is 722. The summed E-state index contributed by atoms with van der Waals surface area (Å²) in [4.78, 5) is 9.48. The van der Waals surface area contributed by atoms with E-state index >= 15 is 0 Å². The van der Waals surface area contributed by atoms with Crippen LogP contribution in [0.15, 0.2) is 46.8 Å². The first kappa shape index (κ1) is 24.0. The number of guanidine groups is 1. The molecule has 1 saturated heterocycles. The smallest absolute Gasteiger partial charge is 0.191 e. The third-order valence-electron chi connectivity index (χ3n) is 4.94. The van der Waals surface area contributed by atoms with Gasteiger partial charge in [0.15, 0.2) is 5.96 Å². The second-order valence-corrected chi connectivity index (χ2v) is 8.53. The van der Waals surface area contributed by atoms with E-state index < -0.39 is 0 Å². The highest BCUT2D eigenvalue weighted by molar-refractivity contribution is 14.0. The molecule has 5 nitrogen and oxygen atoms in total. The summed E-state index contributed by atoms with van der Waals surface area (Å²) in [5.74, 6) is 0.925. The molecule has 1 aromatic heterocycles. The van der Waals surface area contributed by atoms with E-state index in [2.05, 4.69) is 83.2 Å². The van der Waals surface area contributed by atoms with Crippen LogP contribution in [0.3, 0.4) is 0 Å². The monoisotopic (exact) mass is 527 g/mol. The van der Waals surface area contributed by atoms with Crippen molar-refractivity contribution >= 4 is 46.3 Å². The van der Waals surface area contributed by atoms with Crippen LogP contribution in [0, 0.1) is 0 Å². The number of nitrogens with one attached hydrogen (secondary N) is 2. The maximum Gasteiger partial charge on any atom is 0.191 e. The predicted molar refractivity (Wildman–Crippen MR) is 137 cm³/mol. The average Bonchev–Trinajstić information content (AvgIpc) is 3.22. The Labute approximate surface area is 196 Å². The van der Waals surface area contributed by atoms with Crippen molar-refractivity contribution in [2.24, 2.45) is 4.99 Å². The summed E-state index contributed by atoms with van der Waals surface area (Å²) >= 11 is 1.83. The van der Waals surface area contributed by atoms with Gasteiger partial charge in [0.25, 0.3) is 0 Å². The minimum Gasteiger partial charge on any atom is -0.363 e. The molecule has 2 aromatic rings. The van der Waals surface area contributed by atoms with Crippen molar-refractivity contribution < 1.29 is 0 Å². The number of hydrogen-bond acceptors (Lipinski definition) is 4. The number of thiophene rings is 1. The summed E-state index contributed by atoms with van der Waals surface area (Å²) in [5, 5.41) is 10.6. The fraction of sp³-hybridized carbons (Fsp3) is 0.500. The lowest BCUT2D eigenvalue weighted by molar-refractivity contribution is 0.402. The lowest BCUT2D eigenvalue weighted by atomic mass is 10.1. The van der Waals surface area contributed by atoms with Crippen molar-refractivity contribution in [2.45, 2.75) is 38.9 Å². The molecule has 1 aliphatic heterocycles. The molecule has 0 amide bonds. The molecule has 0 atom stereocenters. The number of anilines is 1. The van der Waals surface area contributed by atoms with Crippen LogP contribution in [0.1, 0.15) is 30.9 Å². The van der Waals surface area contributed by atoms with Gasteiger partial charge in [0.05, 0.1) is 11.5 Å². The maximum absolute atomic E-state index is 4.81. The first-order valence-corrected chi connectivity index (χ1v) is 11.1. The first-order chi connectivity index (χ1) is 13.6. The molecule has 29 heavy (non-hydrogen) atoms. The van der Waals surface area contributed by atoms with Gasteiger partial charge in [-0.25, -0.2) is 4.99 Å². The van der Waals surface area contributed by atoms with Gasteiger partial charge in [0.1, 0.15) is 0 Å². The molecule has 2 heterocycles. The summed E-state index contributed by atoms with van der Waals surface area (Å²) in [7, 11) is 4.19. The first-order valence-electron chi connectivity index (χ1n) is 10.2. The van der Waals surface area contributed by atoms with Crippen LogP contribution in [0.2, 0.25) is 0 Å². The fourth-order valence-corrected chi connectivity index (χ4v) is 4.28. The second-order valence-electron chi connectivity index (χ2n) is 7.61. The lowest BCUT2D eigenvalue weighted by Gasteiger charge is -2.33. The number of nitrogens with zero attached hydrogens (tertiary/aromatic N) is 3. The van der Waals surface area contributed by atoms with Gasteiger partial charge in [-0.15, -0.1) is 35.3 Å². The zero-order chi connectivity index (χ0) is 19.8. The molecule has 0 radical (unpaired) electrons. The Morgan fingerprint density at radius 2 is 1.83 bits per heavy atom. The Morgan fingerprint density at radius 3 is 2.41 bits per heavy atom. The molecule has 2 N–H and O–H groups in total. The van der Waals surface area contributed by atoms with Crippen LogP contribution < -0.4 is 15.5 Å². The van der Waals surface area contributed by atoms with E-state index in [-0.39, 0.29) is 24.0 Å². The van der Waals surface area contributed by atoms with E-state index in [4.69, 9.17) is 4.99 Å². The molecule has 7 heteroatoms. The zero-order valence-corrected chi connectivity index (χ0v) is 20.9. The van der Waals surface area contributed by atoms with E-state index in [1.807, 2.05) is 11.3 Å². The highest BCUT2D eigenvalue weighted by Gasteiger charge is 2.20. The van der Waals surface area contributed by atoms with Crippen LogP contribution in [-0.2, 0) is 13.1 Å². The molecule has 1 fully saturated rings. The third kappa shape index (κ3) is 7.79. The Morgan fingerprint density at radius 1 is 1.14 bits per heavy atom. The largest absolute Gasteiger partial charge is 0.363 e. The standard InChI is InChI=1S/C22H33N5S.HI/c1-4-23-22(24-16-18-7-9-19(10-8-18)17-26(2)3)25-20-11-13-27(14-12-20)21-6-5-15-28-21;/h5-10,15,20H,4,11-14,16-17H2,1-3H3,(H2,23,24,25);1H. The number of rotatable bonds is 7. The van der Waals surface area contributed by atoms with Gasteiger partial charge in [0.2, 0.25) is 0 Å². The average molecular weight is 528 g/mol. The molecule has 0 bridgehead atoms. The summed E-state index contributed by atoms with van der Waals surface area (Å²) in [5.41, 5.74) is 2.58. The Kier molecular flexibility index (Phi) is 10.2. The van der Waals surface area contributed by atoms with E-state index in [1.165, 1.54) is 16.1 Å². The number of halogens is 1. The van der Waals surface area contributed by atoms with Gasteiger partial charge in [-0.1, -0.05) is 24.3 Å². The number of aliphatic imine (C=N–C) groups is 1. The molecular weight excluding hydrogens is 493 g/mol. The van der Waals surface area contributed by atoms with E-state index in [0.717, 1.165) is 45.0 Å². The minimum atomic E-state index is 0. The minimum absolute atomic E-state index is 0. The topological polar surface area (TPSA) is 42.9 Å². The van der Waals surface area contributed by atoms with E-state index in [9.17, 15) is 0 Å². The molecule has 0 saturated carbocycles.